The van der Waals surface area contributed by atoms with Crippen molar-refractivity contribution in [2.45, 2.75) is 25.3 Å². The van der Waals surface area contributed by atoms with E-state index in [9.17, 15) is 4.79 Å². The molecule has 0 aliphatic carbocycles. The lowest BCUT2D eigenvalue weighted by atomic mass is 9.97. The number of nitrogens with zero attached hydrogens (tertiary/aromatic N) is 3. The van der Waals surface area contributed by atoms with Gasteiger partial charge in [-0.1, -0.05) is 6.07 Å². The third kappa shape index (κ3) is 2.57. The molecule has 4 nitrogen and oxygen atoms in total. The van der Waals surface area contributed by atoms with Crippen molar-refractivity contribution in [1.82, 2.24) is 14.8 Å². The Labute approximate surface area is 102 Å². The van der Waals surface area contributed by atoms with Crippen LogP contribution >= 0.6 is 0 Å². The average molecular weight is 233 g/mol. The molecule has 1 aromatic heterocycles. The fraction of sp³-hybridized carbons (Fsp3) is 0.538. The summed E-state index contributed by atoms with van der Waals surface area (Å²) in [6, 6.07) is 4.27. The summed E-state index contributed by atoms with van der Waals surface area (Å²) < 4.78 is 0. The molecule has 92 valence electrons. The molecule has 0 aromatic carbocycles. The Balaban J connectivity index is 2.21. The number of aromatic nitrogens is 1. The topological polar surface area (TPSA) is 36.4 Å². The van der Waals surface area contributed by atoms with Gasteiger partial charge in [0.15, 0.2) is 0 Å². The lowest BCUT2D eigenvalue weighted by molar-refractivity contribution is 0.129. The number of piperidine rings is 1. The quantitative estimate of drug-likeness (QED) is 0.746. The fourth-order valence-electron chi connectivity index (χ4n) is 2.34. The van der Waals surface area contributed by atoms with Crippen LogP contribution in [0.25, 0.3) is 0 Å². The number of carbonyl (C=O) groups is 1. The summed E-state index contributed by atoms with van der Waals surface area (Å²) in [7, 11) is 3.61. The van der Waals surface area contributed by atoms with Gasteiger partial charge in [0.25, 0.3) is 0 Å². The smallest absolute Gasteiger partial charge is 0.319 e. The van der Waals surface area contributed by atoms with E-state index in [0.717, 1.165) is 24.9 Å². The first kappa shape index (κ1) is 11.9. The standard InChI is InChI=1S/C13H19N3O/c1-15(2)13(17)16-9-4-3-7-12(16)11-6-5-8-14-10-11/h5-6,8,10,12H,3-4,7,9H2,1-2H3. The van der Waals surface area contributed by atoms with Crippen molar-refractivity contribution in [2.75, 3.05) is 20.6 Å². The first-order valence-electron chi connectivity index (χ1n) is 6.08. The van der Waals surface area contributed by atoms with Gasteiger partial charge < -0.3 is 9.80 Å². The second-order valence-corrected chi connectivity index (χ2v) is 4.67. The Bertz CT molecular complexity index is 378. The van der Waals surface area contributed by atoms with E-state index in [4.69, 9.17) is 0 Å². The van der Waals surface area contributed by atoms with Crippen LogP contribution in [0.4, 0.5) is 4.79 Å². The summed E-state index contributed by atoms with van der Waals surface area (Å²) >= 11 is 0. The minimum absolute atomic E-state index is 0.0959. The van der Waals surface area contributed by atoms with Gasteiger partial charge in [-0.25, -0.2) is 4.79 Å². The van der Waals surface area contributed by atoms with Crippen molar-refractivity contribution in [3.8, 4) is 0 Å². The van der Waals surface area contributed by atoms with Crippen LogP contribution in [0.15, 0.2) is 24.5 Å². The van der Waals surface area contributed by atoms with Gasteiger partial charge in [-0.05, 0) is 30.9 Å². The van der Waals surface area contributed by atoms with Gasteiger partial charge in [-0.15, -0.1) is 0 Å². The van der Waals surface area contributed by atoms with Crippen LogP contribution in [0.1, 0.15) is 30.9 Å². The highest BCUT2D eigenvalue weighted by molar-refractivity contribution is 5.74. The highest BCUT2D eigenvalue weighted by Gasteiger charge is 2.28. The minimum atomic E-state index is 0.0959. The summed E-state index contributed by atoms with van der Waals surface area (Å²) in [4.78, 5) is 19.9. The van der Waals surface area contributed by atoms with Crippen LogP contribution in [0.3, 0.4) is 0 Å². The van der Waals surface area contributed by atoms with Gasteiger partial charge in [-0.3, -0.25) is 4.98 Å². The number of pyridine rings is 1. The van der Waals surface area contributed by atoms with Gasteiger partial charge in [0, 0.05) is 33.0 Å². The fourth-order valence-corrected chi connectivity index (χ4v) is 2.34. The van der Waals surface area contributed by atoms with E-state index in [1.54, 1.807) is 25.2 Å². The van der Waals surface area contributed by atoms with Crippen LogP contribution in [0.2, 0.25) is 0 Å². The predicted molar refractivity (Wildman–Crippen MR) is 66.6 cm³/mol. The van der Waals surface area contributed by atoms with Crippen molar-refractivity contribution in [2.24, 2.45) is 0 Å². The molecule has 1 atom stereocenters. The van der Waals surface area contributed by atoms with Crippen molar-refractivity contribution in [1.29, 1.82) is 0 Å². The normalized spacial score (nSPS) is 20.1. The summed E-state index contributed by atoms with van der Waals surface area (Å²) in [5, 5.41) is 0. The zero-order valence-electron chi connectivity index (χ0n) is 10.5. The maximum absolute atomic E-state index is 12.1. The third-order valence-corrected chi connectivity index (χ3v) is 3.20. The molecule has 2 heterocycles. The first-order valence-corrected chi connectivity index (χ1v) is 6.08. The molecule has 0 radical (unpaired) electrons. The molecule has 0 N–H and O–H groups in total. The van der Waals surface area contributed by atoms with Gasteiger partial charge in [0.2, 0.25) is 0 Å². The van der Waals surface area contributed by atoms with E-state index in [-0.39, 0.29) is 12.1 Å². The van der Waals surface area contributed by atoms with E-state index in [0.29, 0.717) is 0 Å². The lowest BCUT2D eigenvalue weighted by Crippen LogP contribution is -2.44. The van der Waals surface area contributed by atoms with E-state index in [2.05, 4.69) is 11.1 Å². The maximum Gasteiger partial charge on any atom is 0.319 e. The zero-order chi connectivity index (χ0) is 12.3. The Morgan fingerprint density at radius 1 is 1.47 bits per heavy atom. The zero-order valence-corrected chi connectivity index (χ0v) is 10.5. The SMILES string of the molecule is CN(C)C(=O)N1CCCCC1c1cccnc1. The van der Waals surface area contributed by atoms with Crippen molar-refractivity contribution in [3.63, 3.8) is 0 Å². The molecule has 1 unspecified atom stereocenters. The molecule has 1 aliphatic rings. The highest BCUT2D eigenvalue weighted by atomic mass is 16.2. The highest BCUT2D eigenvalue weighted by Crippen LogP contribution is 2.30. The van der Waals surface area contributed by atoms with Crippen LogP contribution in [-0.4, -0.2) is 41.5 Å². The van der Waals surface area contributed by atoms with E-state index in [1.807, 2.05) is 17.2 Å². The van der Waals surface area contributed by atoms with Crippen LogP contribution < -0.4 is 0 Å². The van der Waals surface area contributed by atoms with Crippen LogP contribution in [0, 0.1) is 0 Å². The predicted octanol–water partition coefficient (Wildman–Crippen LogP) is 2.29. The largest absolute Gasteiger partial charge is 0.331 e. The number of hydrogen-bond acceptors (Lipinski definition) is 2. The third-order valence-electron chi connectivity index (χ3n) is 3.20. The molecule has 1 fully saturated rings. The Kier molecular flexibility index (Phi) is 3.61. The number of carbonyl (C=O) groups excluding carboxylic acids is 1. The molecule has 0 bridgehead atoms. The average Bonchev–Trinajstić information content (AvgIpc) is 2.39. The Morgan fingerprint density at radius 3 is 2.94 bits per heavy atom. The molecule has 1 saturated heterocycles. The molecule has 4 heteroatoms. The molecule has 17 heavy (non-hydrogen) atoms. The van der Waals surface area contributed by atoms with Crippen LogP contribution in [0.5, 0.6) is 0 Å². The molecule has 0 spiro atoms. The van der Waals surface area contributed by atoms with Crippen LogP contribution in [-0.2, 0) is 0 Å². The summed E-state index contributed by atoms with van der Waals surface area (Å²) in [5.74, 6) is 0. The van der Waals surface area contributed by atoms with Gasteiger partial charge in [0.05, 0.1) is 6.04 Å². The summed E-state index contributed by atoms with van der Waals surface area (Å²) in [6.07, 6.45) is 6.94. The summed E-state index contributed by atoms with van der Waals surface area (Å²) in [5.41, 5.74) is 1.14. The molecular weight excluding hydrogens is 214 g/mol. The van der Waals surface area contributed by atoms with Crippen molar-refractivity contribution < 1.29 is 4.79 Å². The number of urea groups is 1. The van der Waals surface area contributed by atoms with Gasteiger partial charge >= 0.3 is 6.03 Å². The minimum Gasteiger partial charge on any atom is -0.331 e. The number of likely N-dealkylation sites (tertiary alicyclic amines) is 1. The summed E-state index contributed by atoms with van der Waals surface area (Å²) in [6.45, 7) is 0.844. The molecular formula is C13H19N3O. The van der Waals surface area contributed by atoms with E-state index >= 15 is 0 Å². The van der Waals surface area contributed by atoms with E-state index < -0.39 is 0 Å². The molecule has 0 saturated carbocycles. The Hall–Kier alpha value is -1.58. The molecule has 1 aliphatic heterocycles. The molecule has 2 amide bonds. The van der Waals surface area contributed by atoms with E-state index in [1.165, 1.54) is 6.42 Å². The molecule has 2 rings (SSSR count). The second kappa shape index (κ2) is 5.17. The monoisotopic (exact) mass is 233 g/mol. The number of rotatable bonds is 1. The number of hydrogen-bond donors (Lipinski definition) is 0. The van der Waals surface area contributed by atoms with Gasteiger partial charge in [-0.2, -0.15) is 0 Å². The molecule has 1 aromatic rings. The number of amides is 2. The first-order chi connectivity index (χ1) is 8.20. The second-order valence-electron chi connectivity index (χ2n) is 4.67. The van der Waals surface area contributed by atoms with Gasteiger partial charge in [0.1, 0.15) is 0 Å². The maximum atomic E-state index is 12.1. The van der Waals surface area contributed by atoms with Crippen molar-refractivity contribution in [3.05, 3.63) is 30.1 Å². The lowest BCUT2D eigenvalue weighted by Gasteiger charge is -2.37. The van der Waals surface area contributed by atoms with Crippen molar-refractivity contribution >= 4 is 6.03 Å². The Morgan fingerprint density at radius 2 is 2.29 bits per heavy atom.